The third-order valence-electron chi connectivity index (χ3n) is 5.20. The van der Waals surface area contributed by atoms with E-state index in [2.05, 4.69) is 0 Å². The topological polar surface area (TPSA) is 73.7 Å². The number of imidazole rings is 1. The summed E-state index contributed by atoms with van der Waals surface area (Å²) in [6, 6.07) is 12.8. The summed E-state index contributed by atoms with van der Waals surface area (Å²) >= 11 is 6.16. The minimum Gasteiger partial charge on any atom is -0.495 e. The number of halogens is 1. The number of anilines is 1. The quantitative estimate of drug-likeness (QED) is 0.560. The van der Waals surface area contributed by atoms with Crippen LogP contribution in [0, 0.1) is 0 Å². The van der Waals surface area contributed by atoms with Crippen molar-refractivity contribution < 1.29 is 19.1 Å². The Morgan fingerprint density at radius 3 is 2.83 bits per heavy atom. The van der Waals surface area contributed by atoms with Crippen LogP contribution in [0.25, 0.3) is 11.0 Å². The summed E-state index contributed by atoms with van der Waals surface area (Å²) in [7, 11) is 1.56. The Labute approximate surface area is 179 Å². The van der Waals surface area contributed by atoms with Gasteiger partial charge in [-0.3, -0.25) is 9.59 Å². The summed E-state index contributed by atoms with van der Waals surface area (Å²) in [5.74, 6) is 0.715. The first-order chi connectivity index (χ1) is 14.5. The fourth-order valence-corrected chi connectivity index (χ4v) is 4.06. The number of rotatable bonds is 6. The normalized spacial score (nSPS) is 16.3. The molecule has 156 valence electrons. The van der Waals surface area contributed by atoms with Gasteiger partial charge in [0.2, 0.25) is 5.91 Å². The predicted octanol–water partition coefficient (Wildman–Crippen LogP) is 3.78. The number of esters is 1. The van der Waals surface area contributed by atoms with E-state index in [0.717, 1.165) is 11.0 Å². The summed E-state index contributed by atoms with van der Waals surface area (Å²) in [6.07, 6.45) is 0.280. The Morgan fingerprint density at radius 2 is 2.07 bits per heavy atom. The first kappa shape index (κ1) is 20.2. The molecular weight excluding hydrogens is 406 g/mol. The van der Waals surface area contributed by atoms with Crippen molar-refractivity contribution in [3.8, 4) is 5.75 Å². The highest BCUT2D eigenvalue weighted by Gasteiger charge is 2.36. The minimum atomic E-state index is -0.334. The fourth-order valence-electron chi connectivity index (χ4n) is 3.90. The number of hydrogen-bond donors (Lipinski definition) is 0. The number of hydrogen-bond acceptors (Lipinski definition) is 5. The van der Waals surface area contributed by atoms with Gasteiger partial charge in [0.25, 0.3) is 0 Å². The van der Waals surface area contributed by atoms with Gasteiger partial charge in [0.15, 0.2) is 0 Å². The zero-order chi connectivity index (χ0) is 21.3. The molecule has 1 unspecified atom stereocenters. The molecule has 7 nitrogen and oxygen atoms in total. The largest absolute Gasteiger partial charge is 0.495 e. The third kappa shape index (κ3) is 3.73. The number of benzene rings is 2. The monoisotopic (exact) mass is 427 g/mol. The van der Waals surface area contributed by atoms with E-state index in [0.29, 0.717) is 35.4 Å². The fraction of sp³-hybridized carbons (Fsp3) is 0.318. The molecule has 1 aliphatic rings. The second-order valence-corrected chi connectivity index (χ2v) is 7.51. The zero-order valence-electron chi connectivity index (χ0n) is 16.8. The maximum absolute atomic E-state index is 12.9. The molecular formula is C22H22ClN3O4. The molecule has 2 aromatic carbocycles. The van der Waals surface area contributed by atoms with Crippen LogP contribution >= 0.6 is 11.6 Å². The molecule has 0 radical (unpaired) electrons. The number of carbonyl (C=O) groups is 2. The molecule has 30 heavy (non-hydrogen) atoms. The Balaban J connectivity index is 1.71. The number of carbonyl (C=O) groups excluding carboxylic acids is 2. The number of para-hydroxylation sites is 2. The molecule has 0 spiro atoms. The third-order valence-corrected chi connectivity index (χ3v) is 5.43. The zero-order valence-corrected chi connectivity index (χ0v) is 17.6. The molecule has 0 saturated carbocycles. The van der Waals surface area contributed by atoms with E-state index in [1.54, 1.807) is 37.1 Å². The van der Waals surface area contributed by atoms with Crippen molar-refractivity contribution in [1.29, 1.82) is 0 Å². The Morgan fingerprint density at radius 1 is 1.27 bits per heavy atom. The molecule has 1 saturated heterocycles. The average Bonchev–Trinajstić information content (AvgIpc) is 3.29. The summed E-state index contributed by atoms with van der Waals surface area (Å²) in [4.78, 5) is 31.5. The van der Waals surface area contributed by atoms with E-state index in [4.69, 9.17) is 26.1 Å². The Bertz CT molecular complexity index is 1110. The molecule has 1 amide bonds. The molecule has 8 heteroatoms. The maximum atomic E-state index is 12.9. The van der Waals surface area contributed by atoms with Gasteiger partial charge in [-0.05, 0) is 37.3 Å². The number of ether oxygens (including phenoxy) is 2. The lowest BCUT2D eigenvalue weighted by Gasteiger charge is -2.20. The second-order valence-electron chi connectivity index (χ2n) is 7.07. The minimum absolute atomic E-state index is 0.0460. The molecule has 3 aromatic rings. The van der Waals surface area contributed by atoms with Gasteiger partial charge in [0.05, 0.1) is 30.4 Å². The van der Waals surface area contributed by atoms with Crippen LogP contribution in [0.3, 0.4) is 0 Å². The van der Waals surface area contributed by atoms with Crippen LogP contribution in [0.4, 0.5) is 5.69 Å². The van der Waals surface area contributed by atoms with Gasteiger partial charge in [-0.2, -0.15) is 0 Å². The number of nitrogens with zero attached hydrogens (tertiary/aromatic N) is 3. The standard InChI is InChI=1S/C22H22ClN3O4/c1-3-30-21(28)13-26-17-7-5-4-6-16(17)24-22(26)14-10-20(27)25(12-14)18-11-15(23)8-9-19(18)29-2/h4-9,11,14H,3,10,12-13H2,1-2H3. The molecule has 1 aromatic heterocycles. The van der Waals surface area contributed by atoms with Crippen LogP contribution in [0.5, 0.6) is 5.75 Å². The van der Waals surface area contributed by atoms with E-state index in [1.807, 2.05) is 28.8 Å². The van der Waals surface area contributed by atoms with Gasteiger partial charge in [-0.1, -0.05) is 23.7 Å². The molecule has 0 N–H and O–H groups in total. The molecule has 1 aliphatic heterocycles. The Hall–Kier alpha value is -3.06. The van der Waals surface area contributed by atoms with Crippen LogP contribution in [0.15, 0.2) is 42.5 Å². The van der Waals surface area contributed by atoms with Crippen LogP contribution in [-0.4, -0.2) is 41.7 Å². The highest BCUT2D eigenvalue weighted by molar-refractivity contribution is 6.31. The van der Waals surface area contributed by atoms with E-state index in [-0.39, 0.29) is 30.8 Å². The van der Waals surface area contributed by atoms with Crippen molar-refractivity contribution in [3.63, 3.8) is 0 Å². The number of fused-ring (bicyclic) bond motifs is 1. The van der Waals surface area contributed by atoms with Crippen LogP contribution in [0.2, 0.25) is 5.02 Å². The lowest BCUT2D eigenvalue weighted by molar-refractivity contribution is -0.143. The van der Waals surface area contributed by atoms with Gasteiger partial charge in [0, 0.05) is 23.9 Å². The van der Waals surface area contributed by atoms with Crippen LogP contribution < -0.4 is 9.64 Å². The van der Waals surface area contributed by atoms with E-state index in [1.165, 1.54) is 0 Å². The molecule has 1 fully saturated rings. The van der Waals surface area contributed by atoms with Crippen molar-refractivity contribution in [3.05, 3.63) is 53.3 Å². The van der Waals surface area contributed by atoms with Crippen molar-refractivity contribution in [1.82, 2.24) is 9.55 Å². The highest BCUT2D eigenvalue weighted by Crippen LogP contribution is 2.38. The van der Waals surface area contributed by atoms with Crippen molar-refractivity contribution >= 4 is 40.2 Å². The van der Waals surface area contributed by atoms with Crippen LogP contribution in [0.1, 0.15) is 25.1 Å². The maximum Gasteiger partial charge on any atom is 0.326 e. The number of methoxy groups -OCH3 is 1. The lowest BCUT2D eigenvalue weighted by atomic mass is 10.1. The highest BCUT2D eigenvalue weighted by atomic mass is 35.5. The first-order valence-electron chi connectivity index (χ1n) is 9.76. The van der Waals surface area contributed by atoms with E-state index in [9.17, 15) is 9.59 Å². The summed E-state index contributed by atoms with van der Waals surface area (Å²) in [5, 5.41) is 0.525. The van der Waals surface area contributed by atoms with Gasteiger partial charge < -0.3 is 18.9 Å². The average molecular weight is 428 g/mol. The predicted molar refractivity (Wildman–Crippen MR) is 114 cm³/mol. The van der Waals surface area contributed by atoms with Gasteiger partial charge in [-0.15, -0.1) is 0 Å². The molecule has 1 atom stereocenters. The van der Waals surface area contributed by atoms with E-state index >= 15 is 0 Å². The number of amides is 1. The van der Waals surface area contributed by atoms with Gasteiger partial charge in [0.1, 0.15) is 18.1 Å². The lowest BCUT2D eigenvalue weighted by Crippen LogP contribution is -2.25. The van der Waals surface area contributed by atoms with Gasteiger partial charge in [-0.25, -0.2) is 4.98 Å². The summed E-state index contributed by atoms with van der Waals surface area (Å²) < 4.78 is 12.4. The van der Waals surface area contributed by atoms with E-state index < -0.39 is 0 Å². The van der Waals surface area contributed by atoms with Crippen LogP contribution in [-0.2, 0) is 20.9 Å². The van der Waals surface area contributed by atoms with Crippen molar-refractivity contribution in [2.45, 2.75) is 25.8 Å². The van der Waals surface area contributed by atoms with Crippen molar-refractivity contribution in [2.75, 3.05) is 25.2 Å². The molecule has 0 bridgehead atoms. The molecule has 2 heterocycles. The summed E-state index contributed by atoms with van der Waals surface area (Å²) in [5.41, 5.74) is 2.25. The number of aromatic nitrogens is 2. The van der Waals surface area contributed by atoms with Crippen molar-refractivity contribution in [2.24, 2.45) is 0 Å². The SMILES string of the molecule is CCOC(=O)Cn1c(C2CC(=O)N(c3cc(Cl)ccc3OC)C2)nc2ccccc21. The second kappa shape index (κ2) is 8.36. The smallest absolute Gasteiger partial charge is 0.326 e. The molecule has 0 aliphatic carbocycles. The van der Waals surface area contributed by atoms with Gasteiger partial charge >= 0.3 is 5.97 Å². The summed E-state index contributed by atoms with van der Waals surface area (Å²) in [6.45, 7) is 2.55. The molecule has 4 rings (SSSR count). The first-order valence-corrected chi connectivity index (χ1v) is 10.1. The Kier molecular flexibility index (Phi) is 5.63.